The maximum absolute atomic E-state index is 11.9. The number of hydrogen-bond acceptors (Lipinski definition) is 4. The van der Waals surface area contributed by atoms with E-state index in [9.17, 15) is 9.90 Å². The summed E-state index contributed by atoms with van der Waals surface area (Å²) in [5, 5.41) is 27.2. The normalized spacial score (nSPS) is 11.0. The predicted octanol–water partition coefficient (Wildman–Crippen LogP) is 3.70. The minimum absolute atomic E-state index is 0.0880. The third-order valence-corrected chi connectivity index (χ3v) is 3.25. The fourth-order valence-corrected chi connectivity index (χ4v) is 2.04. The van der Waals surface area contributed by atoms with E-state index in [1.807, 2.05) is 12.1 Å². The van der Waals surface area contributed by atoms with Crippen molar-refractivity contribution in [2.24, 2.45) is 0 Å². The van der Waals surface area contributed by atoms with Crippen molar-refractivity contribution in [3.63, 3.8) is 0 Å². The molecule has 0 amide bonds. The van der Waals surface area contributed by atoms with E-state index in [2.05, 4.69) is 0 Å². The zero-order valence-corrected chi connectivity index (χ0v) is 12.9. The van der Waals surface area contributed by atoms with Gasteiger partial charge in [-0.25, -0.2) is 0 Å². The van der Waals surface area contributed by atoms with Crippen molar-refractivity contribution in [3.8, 4) is 11.5 Å². The SMILES string of the molecule is O=C(c1ccccc1)C(O)c1ccccc1.Oc1cccc(O)c1. The van der Waals surface area contributed by atoms with E-state index in [1.54, 1.807) is 54.6 Å². The molecular formula is C20H18O4. The Morgan fingerprint density at radius 2 is 1.21 bits per heavy atom. The number of aliphatic hydroxyl groups is 1. The van der Waals surface area contributed by atoms with Crippen LogP contribution < -0.4 is 0 Å². The molecular weight excluding hydrogens is 304 g/mol. The van der Waals surface area contributed by atoms with Crippen LogP contribution >= 0.6 is 0 Å². The molecule has 0 bridgehead atoms. The fraction of sp³-hybridized carbons (Fsp3) is 0.0500. The highest BCUT2D eigenvalue weighted by atomic mass is 16.3. The first-order chi connectivity index (χ1) is 11.6. The van der Waals surface area contributed by atoms with E-state index in [0.29, 0.717) is 11.1 Å². The second-order valence-electron chi connectivity index (χ2n) is 5.06. The van der Waals surface area contributed by atoms with Gasteiger partial charge in [0.25, 0.3) is 0 Å². The zero-order valence-electron chi connectivity index (χ0n) is 12.9. The molecule has 4 heteroatoms. The first-order valence-corrected chi connectivity index (χ1v) is 7.38. The minimum atomic E-state index is -1.08. The Bertz CT molecular complexity index is 753. The molecule has 0 fully saturated rings. The number of carbonyl (C=O) groups excluding carboxylic acids is 1. The molecule has 3 aromatic carbocycles. The van der Waals surface area contributed by atoms with E-state index in [-0.39, 0.29) is 17.3 Å². The summed E-state index contributed by atoms with van der Waals surface area (Å²) in [6, 6.07) is 23.6. The zero-order chi connectivity index (χ0) is 17.4. The van der Waals surface area contributed by atoms with Crippen LogP contribution in [0, 0.1) is 0 Å². The van der Waals surface area contributed by atoms with Crippen LogP contribution in [0.4, 0.5) is 0 Å². The Balaban J connectivity index is 0.000000219. The summed E-state index contributed by atoms with van der Waals surface area (Å²) < 4.78 is 0. The van der Waals surface area contributed by atoms with Crippen molar-refractivity contribution in [1.29, 1.82) is 0 Å². The van der Waals surface area contributed by atoms with Crippen LogP contribution in [0.25, 0.3) is 0 Å². The second-order valence-corrected chi connectivity index (χ2v) is 5.06. The number of hydrogen-bond donors (Lipinski definition) is 3. The van der Waals surface area contributed by atoms with Gasteiger partial charge in [0.05, 0.1) is 0 Å². The monoisotopic (exact) mass is 322 g/mol. The average molecular weight is 322 g/mol. The summed E-state index contributed by atoms with van der Waals surface area (Å²) in [5.74, 6) is -0.0956. The van der Waals surface area contributed by atoms with Crippen LogP contribution in [-0.4, -0.2) is 21.1 Å². The average Bonchev–Trinajstić information content (AvgIpc) is 2.62. The molecule has 4 nitrogen and oxygen atoms in total. The van der Waals surface area contributed by atoms with E-state index >= 15 is 0 Å². The Hall–Kier alpha value is -3.11. The number of benzene rings is 3. The molecule has 0 saturated heterocycles. The number of rotatable bonds is 3. The molecule has 0 spiro atoms. The van der Waals surface area contributed by atoms with Crippen LogP contribution in [-0.2, 0) is 0 Å². The molecule has 3 aromatic rings. The lowest BCUT2D eigenvalue weighted by molar-refractivity contribution is 0.0747. The van der Waals surface area contributed by atoms with Gasteiger partial charge in [0.2, 0.25) is 0 Å². The summed E-state index contributed by atoms with van der Waals surface area (Å²) in [5.41, 5.74) is 1.15. The maximum Gasteiger partial charge on any atom is 0.195 e. The lowest BCUT2D eigenvalue weighted by atomic mass is 10.0. The van der Waals surface area contributed by atoms with E-state index in [4.69, 9.17) is 10.2 Å². The van der Waals surface area contributed by atoms with Gasteiger partial charge in [-0.2, -0.15) is 0 Å². The number of ketones is 1. The highest BCUT2D eigenvalue weighted by Crippen LogP contribution is 2.17. The number of aromatic hydroxyl groups is 2. The van der Waals surface area contributed by atoms with Crippen molar-refractivity contribution in [2.45, 2.75) is 6.10 Å². The largest absolute Gasteiger partial charge is 0.508 e. The van der Waals surface area contributed by atoms with Crippen molar-refractivity contribution in [2.75, 3.05) is 0 Å². The smallest absolute Gasteiger partial charge is 0.195 e. The third-order valence-electron chi connectivity index (χ3n) is 3.25. The van der Waals surface area contributed by atoms with Gasteiger partial charge in [-0.1, -0.05) is 66.7 Å². The van der Waals surface area contributed by atoms with Crippen molar-refractivity contribution in [1.82, 2.24) is 0 Å². The molecule has 0 aliphatic rings. The lowest BCUT2D eigenvalue weighted by Gasteiger charge is -2.09. The van der Waals surface area contributed by atoms with Crippen molar-refractivity contribution >= 4 is 5.78 Å². The summed E-state index contributed by atoms with van der Waals surface area (Å²) in [7, 11) is 0. The van der Waals surface area contributed by atoms with Gasteiger partial charge in [0, 0.05) is 11.6 Å². The molecule has 0 heterocycles. The van der Waals surface area contributed by atoms with Crippen LogP contribution in [0.1, 0.15) is 22.0 Å². The molecule has 3 rings (SSSR count). The second kappa shape index (κ2) is 8.50. The summed E-state index contributed by atoms with van der Waals surface area (Å²) in [4.78, 5) is 11.9. The number of aliphatic hydroxyl groups excluding tert-OH is 1. The molecule has 0 radical (unpaired) electrons. The molecule has 122 valence electrons. The highest BCUT2D eigenvalue weighted by Gasteiger charge is 2.18. The van der Waals surface area contributed by atoms with Crippen molar-refractivity contribution in [3.05, 3.63) is 96.1 Å². The van der Waals surface area contributed by atoms with E-state index < -0.39 is 6.10 Å². The van der Waals surface area contributed by atoms with Crippen LogP contribution in [0.5, 0.6) is 11.5 Å². The fourth-order valence-electron chi connectivity index (χ4n) is 2.04. The van der Waals surface area contributed by atoms with E-state index in [1.165, 1.54) is 18.2 Å². The Morgan fingerprint density at radius 1 is 0.708 bits per heavy atom. The number of carbonyl (C=O) groups is 1. The number of phenols is 2. The standard InChI is InChI=1S/C14H12O2.C6H6O2/c15-13(11-7-3-1-4-8-11)14(16)12-9-5-2-6-10-12;7-5-2-1-3-6(8)4-5/h1-10,13,15H;1-4,7-8H. The molecule has 1 unspecified atom stereocenters. The molecule has 1 atom stereocenters. The molecule has 0 aliphatic carbocycles. The Labute approximate surface area is 140 Å². The Morgan fingerprint density at radius 3 is 1.67 bits per heavy atom. The van der Waals surface area contributed by atoms with Crippen molar-refractivity contribution < 1.29 is 20.1 Å². The molecule has 0 aliphatic heterocycles. The van der Waals surface area contributed by atoms with Gasteiger partial charge in [-0.3, -0.25) is 4.79 Å². The van der Waals surface area contributed by atoms with Gasteiger partial charge in [0.1, 0.15) is 17.6 Å². The molecule has 24 heavy (non-hydrogen) atoms. The summed E-state index contributed by atoms with van der Waals surface area (Å²) in [6.45, 7) is 0. The Kier molecular flexibility index (Phi) is 6.11. The predicted molar refractivity (Wildman–Crippen MR) is 91.9 cm³/mol. The van der Waals surface area contributed by atoms with Gasteiger partial charge in [0.15, 0.2) is 5.78 Å². The van der Waals surface area contributed by atoms with Crippen LogP contribution in [0.15, 0.2) is 84.9 Å². The topological polar surface area (TPSA) is 77.8 Å². The van der Waals surface area contributed by atoms with E-state index in [0.717, 1.165) is 0 Å². The molecule has 0 aromatic heterocycles. The molecule has 0 saturated carbocycles. The van der Waals surface area contributed by atoms with Crippen LogP contribution in [0.2, 0.25) is 0 Å². The quantitative estimate of drug-likeness (QED) is 0.643. The van der Waals surface area contributed by atoms with Gasteiger partial charge in [-0.15, -0.1) is 0 Å². The van der Waals surface area contributed by atoms with Crippen LogP contribution in [0.3, 0.4) is 0 Å². The first-order valence-electron chi connectivity index (χ1n) is 7.38. The third kappa shape index (κ3) is 4.97. The number of phenolic OH excluding ortho intramolecular Hbond substituents is 2. The maximum atomic E-state index is 11.9. The first kappa shape index (κ1) is 17.2. The molecule has 3 N–H and O–H groups in total. The highest BCUT2D eigenvalue weighted by molar-refractivity contribution is 5.99. The number of Topliss-reactive ketones (excluding diaryl/α,β-unsaturated/α-hetero) is 1. The minimum Gasteiger partial charge on any atom is -0.508 e. The van der Waals surface area contributed by atoms with Gasteiger partial charge >= 0.3 is 0 Å². The van der Waals surface area contributed by atoms with Gasteiger partial charge < -0.3 is 15.3 Å². The lowest BCUT2D eigenvalue weighted by Crippen LogP contribution is -2.11. The van der Waals surface area contributed by atoms with Gasteiger partial charge in [-0.05, 0) is 17.7 Å². The summed E-state index contributed by atoms with van der Waals surface area (Å²) >= 11 is 0. The summed E-state index contributed by atoms with van der Waals surface area (Å²) in [6.07, 6.45) is -1.08.